The van der Waals surface area contributed by atoms with Gasteiger partial charge in [-0.2, -0.15) is 13.2 Å². The molecule has 2 aliphatic heterocycles. The summed E-state index contributed by atoms with van der Waals surface area (Å²) in [4.78, 5) is 37.9. The van der Waals surface area contributed by atoms with Crippen LogP contribution in [0.25, 0.3) is 0 Å². The highest BCUT2D eigenvalue weighted by Crippen LogP contribution is 2.46. The quantitative estimate of drug-likeness (QED) is 0.804. The molecule has 2 amide bonds. The van der Waals surface area contributed by atoms with Crippen LogP contribution >= 0.6 is 0 Å². The number of nitrogens with zero attached hydrogens (tertiary/aromatic N) is 2. The van der Waals surface area contributed by atoms with E-state index >= 15 is 0 Å². The van der Waals surface area contributed by atoms with Crippen molar-refractivity contribution in [1.29, 1.82) is 0 Å². The zero-order chi connectivity index (χ0) is 20.0. The first-order chi connectivity index (χ1) is 12.6. The summed E-state index contributed by atoms with van der Waals surface area (Å²) in [7, 11) is 0. The van der Waals surface area contributed by atoms with E-state index in [2.05, 4.69) is 0 Å². The molecule has 1 N–H and O–H groups in total. The lowest BCUT2D eigenvalue weighted by Gasteiger charge is -2.28. The molecule has 0 aliphatic carbocycles. The van der Waals surface area contributed by atoms with Crippen molar-refractivity contribution in [3.8, 4) is 0 Å². The average Bonchev–Trinajstić information content (AvgIpc) is 3.19. The van der Waals surface area contributed by atoms with Crippen molar-refractivity contribution >= 4 is 23.5 Å². The second-order valence-electron chi connectivity index (χ2n) is 6.75. The van der Waals surface area contributed by atoms with Crippen molar-refractivity contribution in [2.75, 3.05) is 24.5 Å². The Hall–Kier alpha value is -2.65. The number of carbonyl (C=O) groups excluding carboxylic acids is 2. The number of para-hydroxylation sites is 1. The SMILES string of the molecule is O=C(C1CC(=O)N(c2ccccc2F)C1)N1CCC(C(=O)O)(C(F)(F)F)C1. The van der Waals surface area contributed by atoms with Gasteiger partial charge in [-0.25, -0.2) is 4.39 Å². The summed E-state index contributed by atoms with van der Waals surface area (Å²) >= 11 is 0. The largest absolute Gasteiger partial charge is 0.481 e. The smallest absolute Gasteiger partial charge is 0.406 e. The zero-order valence-corrected chi connectivity index (χ0v) is 14.0. The second-order valence-corrected chi connectivity index (χ2v) is 6.75. The molecule has 10 heteroatoms. The first-order valence-electron chi connectivity index (χ1n) is 8.20. The Bertz CT molecular complexity index is 797. The first-order valence-corrected chi connectivity index (χ1v) is 8.20. The van der Waals surface area contributed by atoms with Crippen molar-refractivity contribution in [2.24, 2.45) is 11.3 Å². The van der Waals surface area contributed by atoms with Gasteiger partial charge in [0.15, 0.2) is 5.41 Å². The third kappa shape index (κ3) is 3.13. The molecule has 2 saturated heterocycles. The molecule has 0 radical (unpaired) electrons. The van der Waals surface area contributed by atoms with E-state index < -0.39 is 54.1 Å². The third-order valence-corrected chi connectivity index (χ3v) is 5.15. The Morgan fingerprint density at radius 1 is 1.22 bits per heavy atom. The highest BCUT2D eigenvalue weighted by Gasteiger charge is 2.64. The van der Waals surface area contributed by atoms with E-state index in [1.807, 2.05) is 0 Å². The summed E-state index contributed by atoms with van der Waals surface area (Å²) in [6, 6.07) is 5.48. The van der Waals surface area contributed by atoms with Gasteiger partial charge in [0.25, 0.3) is 0 Å². The van der Waals surface area contributed by atoms with Crippen molar-refractivity contribution in [1.82, 2.24) is 4.90 Å². The standard InChI is InChI=1S/C17H16F4N2O4/c18-11-3-1-2-4-12(11)23-8-10(7-13(23)24)14(25)22-6-5-16(9-22,15(26)27)17(19,20)21/h1-4,10H,5-9H2,(H,26,27). The summed E-state index contributed by atoms with van der Waals surface area (Å²) in [6.45, 7) is -1.52. The van der Waals surface area contributed by atoms with Crippen LogP contribution < -0.4 is 4.90 Å². The lowest BCUT2D eigenvalue weighted by molar-refractivity contribution is -0.227. The maximum atomic E-state index is 13.9. The predicted octanol–water partition coefficient (Wildman–Crippen LogP) is 2.04. The molecule has 0 spiro atoms. The second kappa shape index (κ2) is 6.50. The molecule has 2 unspecified atom stereocenters. The molecule has 0 aromatic heterocycles. The van der Waals surface area contributed by atoms with Crippen molar-refractivity contribution in [3.63, 3.8) is 0 Å². The van der Waals surface area contributed by atoms with Gasteiger partial charge >= 0.3 is 12.1 Å². The molecule has 2 heterocycles. The van der Waals surface area contributed by atoms with Crippen LogP contribution in [0.5, 0.6) is 0 Å². The lowest BCUT2D eigenvalue weighted by Crippen LogP contribution is -2.48. The van der Waals surface area contributed by atoms with Crippen LogP contribution in [-0.2, 0) is 14.4 Å². The van der Waals surface area contributed by atoms with Gasteiger partial charge in [-0.3, -0.25) is 14.4 Å². The first kappa shape index (κ1) is 19.1. The van der Waals surface area contributed by atoms with Crippen LogP contribution in [0.1, 0.15) is 12.8 Å². The van der Waals surface area contributed by atoms with Gasteiger partial charge < -0.3 is 14.9 Å². The number of alkyl halides is 3. The fourth-order valence-corrected chi connectivity index (χ4v) is 3.56. The minimum atomic E-state index is -5.00. The number of benzene rings is 1. The number of carbonyl (C=O) groups is 3. The molecule has 6 nitrogen and oxygen atoms in total. The van der Waals surface area contributed by atoms with E-state index in [0.29, 0.717) is 0 Å². The molecular weight excluding hydrogens is 372 g/mol. The number of carboxylic acids is 1. The maximum Gasteiger partial charge on any atom is 0.406 e. The molecule has 27 heavy (non-hydrogen) atoms. The summed E-state index contributed by atoms with van der Waals surface area (Å²) in [6.07, 6.45) is -6.01. The minimum Gasteiger partial charge on any atom is -0.481 e. The van der Waals surface area contributed by atoms with Crippen LogP contribution in [0.2, 0.25) is 0 Å². The molecule has 0 saturated carbocycles. The number of rotatable bonds is 3. The molecular formula is C17H16F4N2O4. The van der Waals surface area contributed by atoms with Gasteiger partial charge in [0.2, 0.25) is 11.8 Å². The van der Waals surface area contributed by atoms with Gasteiger partial charge in [-0.1, -0.05) is 12.1 Å². The topological polar surface area (TPSA) is 77.9 Å². The number of likely N-dealkylation sites (tertiary alicyclic amines) is 1. The Morgan fingerprint density at radius 3 is 2.44 bits per heavy atom. The predicted molar refractivity (Wildman–Crippen MR) is 84.2 cm³/mol. The molecule has 1 aromatic rings. The Balaban J connectivity index is 1.75. The maximum absolute atomic E-state index is 13.9. The molecule has 2 atom stereocenters. The summed E-state index contributed by atoms with van der Waals surface area (Å²) < 4.78 is 53.6. The summed E-state index contributed by atoms with van der Waals surface area (Å²) in [5.41, 5.74) is -3.01. The number of hydrogen-bond donors (Lipinski definition) is 1. The Labute approximate surface area is 151 Å². The van der Waals surface area contributed by atoms with Crippen LogP contribution in [0.15, 0.2) is 24.3 Å². The normalized spacial score (nSPS) is 25.9. The van der Waals surface area contributed by atoms with Crippen molar-refractivity contribution < 1.29 is 37.1 Å². The van der Waals surface area contributed by atoms with Gasteiger partial charge in [0, 0.05) is 26.1 Å². The lowest BCUT2D eigenvalue weighted by atomic mass is 9.86. The molecule has 146 valence electrons. The molecule has 1 aromatic carbocycles. The van der Waals surface area contributed by atoms with Gasteiger partial charge in [0.05, 0.1) is 11.6 Å². The number of anilines is 1. The van der Waals surface area contributed by atoms with Crippen LogP contribution in [0.3, 0.4) is 0 Å². The van der Waals surface area contributed by atoms with Gasteiger partial charge in [0.1, 0.15) is 5.82 Å². The van der Waals surface area contributed by atoms with Gasteiger partial charge in [-0.15, -0.1) is 0 Å². The van der Waals surface area contributed by atoms with E-state index in [4.69, 9.17) is 5.11 Å². The molecule has 0 bridgehead atoms. The number of carboxylic acid groups (broad SMARTS) is 1. The van der Waals surface area contributed by atoms with E-state index in [1.54, 1.807) is 0 Å². The van der Waals surface area contributed by atoms with Crippen LogP contribution in [-0.4, -0.2) is 53.6 Å². The molecule has 2 aliphatic rings. The Kier molecular flexibility index (Phi) is 4.61. The van der Waals surface area contributed by atoms with E-state index in [-0.39, 0.29) is 25.2 Å². The highest BCUT2D eigenvalue weighted by atomic mass is 19.4. The van der Waals surface area contributed by atoms with Crippen LogP contribution in [0, 0.1) is 17.2 Å². The minimum absolute atomic E-state index is 0.00519. The zero-order valence-electron chi connectivity index (χ0n) is 14.0. The number of halogens is 4. The highest BCUT2D eigenvalue weighted by molar-refractivity contribution is 6.00. The summed E-state index contributed by atoms with van der Waals surface area (Å²) in [5, 5.41) is 9.07. The molecule has 2 fully saturated rings. The van der Waals surface area contributed by atoms with Crippen LogP contribution in [0.4, 0.5) is 23.2 Å². The van der Waals surface area contributed by atoms with E-state index in [9.17, 15) is 31.9 Å². The average molecular weight is 388 g/mol. The van der Waals surface area contributed by atoms with Crippen molar-refractivity contribution in [3.05, 3.63) is 30.1 Å². The molecule has 3 rings (SSSR count). The fourth-order valence-electron chi connectivity index (χ4n) is 3.56. The van der Waals surface area contributed by atoms with E-state index in [0.717, 1.165) is 15.9 Å². The van der Waals surface area contributed by atoms with Gasteiger partial charge in [-0.05, 0) is 18.6 Å². The summed E-state index contributed by atoms with van der Waals surface area (Å²) in [5.74, 6) is -4.87. The number of hydrogen-bond acceptors (Lipinski definition) is 3. The third-order valence-electron chi connectivity index (χ3n) is 5.15. The van der Waals surface area contributed by atoms with E-state index in [1.165, 1.54) is 18.2 Å². The Morgan fingerprint density at radius 2 is 1.89 bits per heavy atom. The fraction of sp³-hybridized carbons (Fsp3) is 0.471. The van der Waals surface area contributed by atoms with Crippen molar-refractivity contribution in [2.45, 2.75) is 19.0 Å². The number of amides is 2. The monoisotopic (exact) mass is 388 g/mol. The number of aliphatic carboxylic acids is 1.